The normalized spacial score (nSPS) is 19.4. The van der Waals surface area contributed by atoms with Crippen LogP contribution in [0, 0.1) is 0 Å². The Hall–Kier alpha value is -0.760. The molecule has 0 aromatic carbocycles. The number of thiophene rings is 1. The first-order valence-corrected chi connectivity index (χ1v) is 8.12. The van der Waals surface area contributed by atoms with Gasteiger partial charge in [0.15, 0.2) is 0 Å². The molecule has 108 valence electrons. The molecule has 1 aliphatic heterocycles. The number of hydrogen-bond donors (Lipinski definition) is 0. The van der Waals surface area contributed by atoms with Gasteiger partial charge in [-0.25, -0.2) is 0 Å². The molecule has 2 aromatic rings. The van der Waals surface area contributed by atoms with Crippen molar-refractivity contribution >= 4 is 27.3 Å². The smallest absolute Gasteiger partial charge is 0.241 e. The number of ether oxygens (including phenoxy) is 1. The van der Waals surface area contributed by atoms with Gasteiger partial charge in [0, 0.05) is 21.9 Å². The van der Waals surface area contributed by atoms with Crippen LogP contribution in [0.2, 0.25) is 0 Å². The predicted molar refractivity (Wildman–Crippen MR) is 80.6 cm³/mol. The summed E-state index contributed by atoms with van der Waals surface area (Å²) in [7, 11) is 0. The largest absolute Gasteiger partial charge is 0.378 e. The van der Waals surface area contributed by atoms with Gasteiger partial charge in [-0.05, 0) is 35.8 Å². The maximum absolute atomic E-state index is 5.52. The van der Waals surface area contributed by atoms with Crippen LogP contribution >= 0.6 is 27.3 Å². The third kappa shape index (κ3) is 2.95. The van der Waals surface area contributed by atoms with Crippen LogP contribution in [0.25, 0.3) is 10.7 Å². The highest BCUT2D eigenvalue weighted by molar-refractivity contribution is 9.10. The molecule has 0 amide bonds. The van der Waals surface area contributed by atoms with E-state index in [0.717, 1.165) is 29.1 Å². The molecule has 0 radical (unpaired) electrons. The summed E-state index contributed by atoms with van der Waals surface area (Å²) >= 11 is 5.03. The molecule has 3 heterocycles. The van der Waals surface area contributed by atoms with Crippen molar-refractivity contribution in [1.82, 2.24) is 15.0 Å². The van der Waals surface area contributed by atoms with Crippen LogP contribution in [0.1, 0.15) is 19.7 Å². The van der Waals surface area contributed by atoms with Crippen molar-refractivity contribution < 1.29 is 9.26 Å². The third-order valence-corrected chi connectivity index (χ3v) is 5.09. The topological polar surface area (TPSA) is 51.4 Å². The van der Waals surface area contributed by atoms with Gasteiger partial charge in [0.05, 0.1) is 24.6 Å². The first-order valence-electron chi connectivity index (χ1n) is 6.44. The molecule has 1 aliphatic rings. The molecule has 3 rings (SSSR count). The van der Waals surface area contributed by atoms with Crippen molar-refractivity contribution in [1.29, 1.82) is 0 Å². The van der Waals surface area contributed by atoms with Gasteiger partial charge < -0.3 is 9.26 Å². The summed E-state index contributed by atoms with van der Waals surface area (Å²) in [6.07, 6.45) is 0. The van der Waals surface area contributed by atoms with Crippen LogP contribution in [-0.2, 0) is 11.3 Å². The van der Waals surface area contributed by atoms with Gasteiger partial charge in [-0.15, -0.1) is 11.3 Å². The zero-order chi connectivity index (χ0) is 14.2. The second-order valence-electron chi connectivity index (χ2n) is 5.43. The van der Waals surface area contributed by atoms with Crippen LogP contribution in [0.4, 0.5) is 0 Å². The van der Waals surface area contributed by atoms with Gasteiger partial charge in [-0.2, -0.15) is 4.98 Å². The lowest BCUT2D eigenvalue weighted by Crippen LogP contribution is -2.52. The number of halogens is 1. The average Bonchev–Trinajstić information content (AvgIpc) is 3.01. The number of hydrogen-bond acceptors (Lipinski definition) is 6. The lowest BCUT2D eigenvalue weighted by molar-refractivity contribution is -0.0589. The van der Waals surface area contributed by atoms with Crippen LogP contribution in [-0.4, -0.2) is 40.3 Å². The van der Waals surface area contributed by atoms with Crippen molar-refractivity contribution in [3.8, 4) is 10.7 Å². The summed E-state index contributed by atoms with van der Waals surface area (Å²) in [6.45, 7) is 7.36. The maximum atomic E-state index is 5.52. The van der Waals surface area contributed by atoms with E-state index in [9.17, 15) is 0 Å². The first kappa shape index (κ1) is 14.2. The Bertz CT molecular complexity index is 596. The Kier molecular flexibility index (Phi) is 3.94. The number of nitrogens with zero attached hydrogens (tertiary/aromatic N) is 3. The van der Waals surface area contributed by atoms with Crippen LogP contribution in [0.5, 0.6) is 0 Å². The molecule has 0 N–H and O–H groups in total. The summed E-state index contributed by atoms with van der Waals surface area (Å²) in [5.41, 5.74) is -0.00115. The number of aromatic nitrogens is 2. The molecule has 0 bridgehead atoms. The maximum Gasteiger partial charge on any atom is 0.241 e. The highest BCUT2D eigenvalue weighted by Crippen LogP contribution is 2.28. The van der Waals surface area contributed by atoms with Gasteiger partial charge in [0.25, 0.3) is 0 Å². The molecule has 20 heavy (non-hydrogen) atoms. The lowest BCUT2D eigenvalue weighted by atomic mass is 10.0. The Morgan fingerprint density at radius 2 is 2.35 bits per heavy atom. The van der Waals surface area contributed by atoms with Crippen molar-refractivity contribution in [3.05, 3.63) is 21.8 Å². The van der Waals surface area contributed by atoms with Gasteiger partial charge >= 0.3 is 0 Å². The summed E-state index contributed by atoms with van der Waals surface area (Å²) in [6, 6.07) is 2.00. The minimum absolute atomic E-state index is 0.00115. The van der Waals surface area contributed by atoms with E-state index in [1.807, 2.05) is 11.4 Å². The van der Waals surface area contributed by atoms with Crippen molar-refractivity contribution in [3.63, 3.8) is 0 Å². The van der Waals surface area contributed by atoms with Crippen LogP contribution in [0.15, 0.2) is 20.4 Å². The molecule has 0 spiro atoms. The van der Waals surface area contributed by atoms with Crippen molar-refractivity contribution in [2.24, 2.45) is 0 Å². The molecule has 0 atom stereocenters. The second-order valence-corrected chi connectivity index (χ2v) is 7.25. The van der Waals surface area contributed by atoms with Crippen LogP contribution in [0.3, 0.4) is 0 Å². The third-order valence-electron chi connectivity index (χ3n) is 3.40. The molecular weight excluding hydrogens is 342 g/mol. The summed E-state index contributed by atoms with van der Waals surface area (Å²) in [5.74, 6) is 1.31. The monoisotopic (exact) mass is 357 g/mol. The van der Waals surface area contributed by atoms with E-state index in [4.69, 9.17) is 9.26 Å². The van der Waals surface area contributed by atoms with E-state index in [1.54, 1.807) is 11.3 Å². The fraction of sp³-hybridized carbons (Fsp3) is 0.538. The molecule has 1 saturated heterocycles. The Morgan fingerprint density at radius 3 is 3.05 bits per heavy atom. The standard InChI is InChI=1S/C13H16BrN3O2S/c1-13(2)8-18-4-3-17(13)6-11-15-12(16-19-11)10-5-9(14)7-20-10/h5,7H,3-4,6,8H2,1-2H3. The van der Waals surface area contributed by atoms with E-state index in [0.29, 0.717) is 18.3 Å². The molecule has 1 fully saturated rings. The van der Waals surface area contributed by atoms with Gasteiger partial charge in [-0.3, -0.25) is 4.90 Å². The minimum atomic E-state index is -0.00115. The Labute approximate surface area is 130 Å². The molecule has 2 aromatic heterocycles. The minimum Gasteiger partial charge on any atom is -0.378 e. The number of rotatable bonds is 3. The molecular formula is C13H16BrN3O2S. The highest BCUT2D eigenvalue weighted by Gasteiger charge is 2.31. The van der Waals surface area contributed by atoms with Crippen LogP contribution < -0.4 is 0 Å². The zero-order valence-electron chi connectivity index (χ0n) is 11.4. The first-order chi connectivity index (χ1) is 9.54. The second kappa shape index (κ2) is 5.55. The molecule has 5 nitrogen and oxygen atoms in total. The summed E-state index contributed by atoms with van der Waals surface area (Å²) in [5, 5.41) is 6.07. The van der Waals surface area contributed by atoms with Crippen molar-refractivity contribution in [2.45, 2.75) is 25.9 Å². The Morgan fingerprint density at radius 1 is 1.50 bits per heavy atom. The van der Waals surface area contributed by atoms with E-state index < -0.39 is 0 Å². The molecule has 0 saturated carbocycles. The van der Waals surface area contributed by atoms with Gasteiger partial charge in [0.1, 0.15) is 0 Å². The summed E-state index contributed by atoms with van der Waals surface area (Å²) < 4.78 is 11.9. The average molecular weight is 358 g/mol. The molecule has 0 aliphatic carbocycles. The number of morpholine rings is 1. The Balaban J connectivity index is 1.74. The molecule has 7 heteroatoms. The van der Waals surface area contributed by atoms with E-state index >= 15 is 0 Å². The highest BCUT2D eigenvalue weighted by atomic mass is 79.9. The lowest BCUT2D eigenvalue weighted by Gasteiger charge is -2.41. The zero-order valence-corrected chi connectivity index (χ0v) is 13.8. The van der Waals surface area contributed by atoms with Gasteiger partial charge in [0.2, 0.25) is 11.7 Å². The fourth-order valence-corrected chi connectivity index (χ4v) is 3.55. The van der Waals surface area contributed by atoms with E-state index in [-0.39, 0.29) is 5.54 Å². The fourth-order valence-electron chi connectivity index (χ4n) is 2.20. The SMILES string of the molecule is CC1(C)COCCN1Cc1nc(-c2cc(Br)cs2)no1. The molecule has 0 unspecified atom stereocenters. The quantitative estimate of drug-likeness (QED) is 0.844. The predicted octanol–water partition coefficient (Wildman–Crippen LogP) is 3.17. The van der Waals surface area contributed by atoms with Gasteiger partial charge in [-0.1, -0.05) is 5.16 Å². The van der Waals surface area contributed by atoms with E-state index in [2.05, 4.69) is 44.8 Å². The summed E-state index contributed by atoms with van der Waals surface area (Å²) in [4.78, 5) is 7.81. The van der Waals surface area contributed by atoms with Crippen molar-refractivity contribution in [2.75, 3.05) is 19.8 Å². The van der Waals surface area contributed by atoms with E-state index in [1.165, 1.54) is 0 Å².